The first kappa shape index (κ1) is 22.3. The van der Waals surface area contributed by atoms with E-state index < -0.39 is 6.10 Å². The maximum atomic E-state index is 11.6. The fraction of sp³-hybridized carbons (Fsp3) is 0.379. The van der Waals surface area contributed by atoms with Gasteiger partial charge in [0.2, 0.25) is 0 Å². The number of allylic oxidation sites excluding steroid dienone is 3. The summed E-state index contributed by atoms with van der Waals surface area (Å²) < 4.78 is 5.41. The molecule has 3 N–H and O–H groups in total. The van der Waals surface area contributed by atoms with Gasteiger partial charge in [-0.2, -0.15) is 0 Å². The Morgan fingerprint density at radius 3 is 2.69 bits per heavy atom. The van der Waals surface area contributed by atoms with Crippen molar-refractivity contribution in [2.24, 2.45) is 10.9 Å². The van der Waals surface area contributed by atoms with Gasteiger partial charge in [0.25, 0.3) is 0 Å². The van der Waals surface area contributed by atoms with Crippen LogP contribution >= 0.6 is 0 Å². The number of rotatable bonds is 4. The molecule has 0 spiro atoms. The van der Waals surface area contributed by atoms with Crippen LogP contribution in [0, 0.1) is 5.92 Å². The smallest absolute Gasteiger partial charge is 0.115 e. The number of aromatic nitrogens is 2. The van der Waals surface area contributed by atoms with Crippen LogP contribution in [-0.2, 0) is 17.8 Å². The summed E-state index contributed by atoms with van der Waals surface area (Å²) in [5.74, 6) is 2.18. The van der Waals surface area contributed by atoms with E-state index in [-0.39, 0.29) is 11.8 Å². The third-order valence-corrected chi connectivity index (χ3v) is 7.78. The van der Waals surface area contributed by atoms with Crippen LogP contribution in [0.5, 0.6) is 0 Å². The third-order valence-electron chi connectivity index (χ3n) is 7.78. The SMILES string of the molecule is COC1=CC(c2ccc(C3=NCCC(C)C(c4nc5cc6c(cc5[nH]4)CNC6)C3O)cc2)CC=C1. The van der Waals surface area contributed by atoms with Crippen molar-refractivity contribution in [3.8, 4) is 0 Å². The van der Waals surface area contributed by atoms with E-state index in [0.717, 1.165) is 59.8 Å². The maximum absolute atomic E-state index is 11.6. The molecule has 2 aromatic carbocycles. The molecule has 0 saturated heterocycles. The van der Waals surface area contributed by atoms with Gasteiger partial charge in [0, 0.05) is 25.6 Å². The largest absolute Gasteiger partial charge is 0.497 e. The van der Waals surface area contributed by atoms with Crippen molar-refractivity contribution in [1.29, 1.82) is 0 Å². The zero-order chi connectivity index (χ0) is 23.9. The van der Waals surface area contributed by atoms with Crippen LogP contribution < -0.4 is 5.32 Å². The van der Waals surface area contributed by atoms with E-state index in [9.17, 15) is 5.11 Å². The van der Waals surface area contributed by atoms with Gasteiger partial charge in [0.05, 0.1) is 29.8 Å². The van der Waals surface area contributed by atoms with Gasteiger partial charge < -0.3 is 20.1 Å². The predicted molar refractivity (Wildman–Crippen MR) is 139 cm³/mol. The van der Waals surface area contributed by atoms with Crippen LogP contribution in [-0.4, -0.2) is 40.5 Å². The Labute approximate surface area is 205 Å². The molecule has 0 saturated carbocycles. The summed E-state index contributed by atoms with van der Waals surface area (Å²) in [6, 6.07) is 12.9. The number of aliphatic hydroxyl groups is 1. The number of benzene rings is 2. The highest BCUT2D eigenvalue weighted by Crippen LogP contribution is 2.35. The number of hydrogen-bond acceptors (Lipinski definition) is 5. The van der Waals surface area contributed by atoms with Crippen molar-refractivity contribution in [2.45, 2.75) is 50.8 Å². The van der Waals surface area contributed by atoms with Gasteiger partial charge in [-0.15, -0.1) is 0 Å². The molecule has 3 aromatic rings. The molecule has 0 fully saturated rings. The first-order valence-corrected chi connectivity index (χ1v) is 12.6. The standard InChI is InChI=1S/C29H32N4O2/c1-17-10-11-31-27(19-8-6-18(7-9-19)20-4-3-5-23(12-20)35-2)28(34)26(17)29-32-24-13-21-15-30-16-22(21)14-25(24)33-29/h3,5-9,12-14,17,20,26,28,30,34H,4,10-11,15-16H2,1-2H3,(H,32,33). The van der Waals surface area contributed by atoms with Crippen LogP contribution in [0.2, 0.25) is 0 Å². The highest BCUT2D eigenvalue weighted by atomic mass is 16.5. The predicted octanol–water partition coefficient (Wildman–Crippen LogP) is 4.71. The minimum absolute atomic E-state index is 0.132. The van der Waals surface area contributed by atoms with E-state index >= 15 is 0 Å². The number of aromatic amines is 1. The zero-order valence-electron chi connectivity index (χ0n) is 20.3. The molecule has 4 unspecified atom stereocenters. The van der Waals surface area contributed by atoms with Gasteiger partial charge in [-0.25, -0.2) is 4.98 Å². The lowest BCUT2D eigenvalue weighted by atomic mass is 9.83. The average Bonchev–Trinajstić information content (AvgIpc) is 3.47. The summed E-state index contributed by atoms with van der Waals surface area (Å²) in [5.41, 5.74) is 7.62. The monoisotopic (exact) mass is 468 g/mol. The summed E-state index contributed by atoms with van der Waals surface area (Å²) in [4.78, 5) is 13.3. The molecule has 180 valence electrons. The Morgan fingerprint density at radius 1 is 1.09 bits per heavy atom. The summed E-state index contributed by atoms with van der Waals surface area (Å²) >= 11 is 0. The molecule has 4 atom stereocenters. The Hall–Kier alpha value is -3.22. The minimum Gasteiger partial charge on any atom is -0.497 e. The van der Waals surface area contributed by atoms with E-state index in [0.29, 0.717) is 12.5 Å². The second-order valence-corrected chi connectivity index (χ2v) is 10.0. The number of hydrogen-bond donors (Lipinski definition) is 3. The number of nitrogens with one attached hydrogen (secondary N) is 2. The van der Waals surface area contributed by atoms with Gasteiger partial charge in [-0.1, -0.05) is 37.3 Å². The quantitative estimate of drug-likeness (QED) is 0.518. The molecule has 6 rings (SSSR count). The molecular formula is C29H32N4O2. The highest BCUT2D eigenvalue weighted by molar-refractivity contribution is 6.04. The van der Waals surface area contributed by atoms with Crippen molar-refractivity contribution in [3.63, 3.8) is 0 Å². The molecular weight excluding hydrogens is 436 g/mol. The number of imidazole rings is 1. The summed E-state index contributed by atoms with van der Waals surface area (Å²) in [6.45, 7) is 4.69. The lowest BCUT2D eigenvalue weighted by Crippen LogP contribution is -2.32. The molecule has 3 heterocycles. The number of aliphatic imine (C=N–C) groups is 1. The topological polar surface area (TPSA) is 82.5 Å². The molecule has 3 aliphatic rings. The first-order valence-electron chi connectivity index (χ1n) is 12.6. The number of fused-ring (bicyclic) bond motifs is 2. The Kier molecular flexibility index (Phi) is 5.78. The molecule has 1 aliphatic carbocycles. The number of ether oxygens (including phenoxy) is 1. The molecule has 1 aromatic heterocycles. The zero-order valence-corrected chi connectivity index (χ0v) is 20.3. The van der Waals surface area contributed by atoms with Crippen LogP contribution in [0.1, 0.15) is 59.7 Å². The van der Waals surface area contributed by atoms with Crippen molar-refractivity contribution in [3.05, 3.63) is 88.5 Å². The van der Waals surface area contributed by atoms with E-state index in [1.807, 2.05) is 6.08 Å². The normalized spacial score (nSPS) is 26.3. The number of aliphatic hydroxyl groups excluding tert-OH is 1. The minimum atomic E-state index is -0.718. The Bertz CT molecular complexity index is 1290. The van der Waals surface area contributed by atoms with Gasteiger partial charge in [0.1, 0.15) is 17.7 Å². The van der Waals surface area contributed by atoms with E-state index in [1.165, 1.54) is 16.7 Å². The molecule has 35 heavy (non-hydrogen) atoms. The van der Waals surface area contributed by atoms with Crippen molar-refractivity contribution in [1.82, 2.24) is 15.3 Å². The Balaban J connectivity index is 1.29. The fourth-order valence-electron chi connectivity index (χ4n) is 5.73. The summed E-state index contributed by atoms with van der Waals surface area (Å²) in [7, 11) is 1.71. The first-order chi connectivity index (χ1) is 17.1. The maximum Gasteiger partial charge on any atom is 0.115 e. The van der Waals surface area contributed by atoms with Crippen molar-refractivity contribution in [2.75, 3.05) is 13.7 Å². The average molecular weight is 469 g/mol. The number of methoxy groups -OCH3 is 1. The summed E-state index contributed by atoms with van der Waals surface area (Å²) in [5, 5.41) is 15.0. The lowest BCUT2D eigenvalue weighted by molar-refractivity contribution is 0.176. The van der Waals surface area contributed by atoms with E-state index in [1.54, 1.807) is 7.11 Å². The molecule has 0 bridgehead atoms. The molecule has 2 aliphatic heterocycles. The fourth-order valence-corrected chi connectivity index (χ4v) is 5.73. The van der Waals surface area contributed by atoms with E-state index in [2.05, 4.69) is 65.8 Å². The van der Waals surface area contributed by atoms with Crippen molar-refractivity contribution >= 4 is 16.7 Å². The van der Waals surface area contributed by atoms with Crippen LogP contribution in [0.3, 0.4) is 0 Å². The van der Waals surface area contributed by atoms with Crippen LogP contribution in [0.15, 0.2) is 65.4 Å². The van der Waals surface area contributed by atoms with Crippen LogP contribution in [0.4, 0.5) is 0 Å². The number of H-pyrrole nitrogens is 1. The lowest BCUT2D eigenvalue weighted by Gasteiger charge is -2.25. The van der Waals surface area contributed by atoms with Gasteiger partial charge in [0.15, 0.2) is 0 Å². The Morgan fingerprint density at radius 2 is 1.89 bits per heavy atom. The second kappa shape index (κ2) is 9.10. The molecule has 6 heteroatoms. The second-order valence-electron chi connectivity index (χ2n) is 10.0. The highest BCUT2D eigenvalue weighted by Gasteiger charge is 2.35. The summed E-state index contributed by atoms with van der Waals surface area (Å²) in [6.07, 6.45) is 7.50. The van der Waals surface area contributed by atoms with Gasteiger partial charge in [-0.3, -0.25) is 4.99 Å². The molecule has 6 nitrogen and oxygen atoms in total. The van der Waals surface area contributed by atoms with Gasteiger partial charge >= 0.3 is 0 Å². The number of nitrogens with zero attached hydrogens (tertiary/aromatic N) is 2. The molecule has 0 radical (unpaired) electrons. The van der Waals surface area contributed by atoms with Gasteiger partial charge in [-0.05, 0) is 65.3 Å². The van der Waals surface area contributed by atoms with Crippen LogP contribution in [0.25, 0.3) is 11.0 Å². The van der Waals surface area contributed by atoms with Crippen molar-refractivity contribution < 1.29 is 9.84 Å². The van der Waals surface area contributed by atoms with E-state index in [4.69, 9.17) is 14.7 Å². The molecule has 0 amide bonds. The third kappa shape index (κ3) is 4.11.